The third kappa shape index (κ3) is 2.52. The molecule has 1 amide bonds. The number of benzene rings is 1. The van der Waals surface area contributed by atoms with Gasteiger partial charge in [0.2, 0.25) is 0 Å². The third-order valence-electron chi connectivity index (χ3n) is 3.23. The van der Waals surface area contributed by atoms with Crippen LogP contribution in [-0.4, -0.2) is 17.4 Å². The Morgan fingerprint density at radius 3 is 3.16 bits per heavy atom. The third-order valence-corrected chi connectivity index (χ3v) is 4.05. The maximum Gasteiger partial charge on any atom is 0.257 e. The molecule has 1 aromatic heterocycles. The van der Waals surface area contributed by atoms with Crippen LogP contribution in [0.3, 0.4) is 0 Å². The Labute approximate surface area is 115 Å². The summed E-state index contributed by atoms with van der Waals surface area (Å²) in [6.45, 7) is 3.74. The molecule has 1 aliphatic heterocycles. The topological polar surface area (TPSA) is 54.0 Å². The minimum Gasteiger partial charge on any atom is -0.312 e. The molecule has 0 aliphatic carbocycles. The Kier molecular flexibility index (Phi) is 3.31. The number of aromatic nitrogens is 1. The number of carbonyl (C=O) groups excluding carboxylic acids is 1. The SMILES string of the molecule is Cc1cnc(NC(=O)c2cccc3c2CCNC3)s1. The van der Waals surface area contributed by atoms with Crippen LogP contribution in [0.5, 0.6) is 0 Å². The Morgan fingerprint density at radius 1 is 1.47 bits per heavy atom. The molecule has 0 saturated carbocycles. The van der Waals surface area contributed by atoms with Gasteiger partial charge in [-0.15, -0.1) is 11.3 Å². The number of fused-ring (bicyclic) bond motifs is 1. The number of anilines is 1. The van der Waals surface area contributed by atoms with E-state index in [0.717, 1.165) is 35.5 Å². The highest BCUT2D eigenvalue weighted by Gasteiger charge is 2.17. The van der Waals surface area contributed by atoms with Gasteiger partial charge in [-0.2, -0.15) is 0 Å². The van der Waals surface area contributed by atoms with Crippen molar-refractivity contribution < 1.29 is 4.79 Å². The average Bonchev–Trinajstić information content (AvgIpc) is 2.83. The highest BCUT2D eigenvalue weighted by molar-refractivity contribution is 7.15. The maximum absolute atomic E-state index is 12.3. The lowest BCUT2D eigenvalue weighted by Gasteiger charge is -2.19. The lowest BCUT2D eigenvalue weighted by molar-refractivity contribution is 0.102. The molecule has 0 radical (unpaired) electrons. The summed E-state index contributed by atoms with van der Waals surface area (Å²) in [6.07, 6.45) is 2.67. The number of hydrogen-bond donors (Lipinski definition) is 2. The summed E-state index contributed by atoms with van der Waals surface area (Å²) in [5, 5.41) is 6.86. The summed E-state index contributed by atoms with van der Waals surface area (Å²) in [4.78, 5) is 17.6. The molecule has 0 saturated heterocycles. The van der Waals surface area contributed by atoms with Crippen molar-refractivity contribution >= 4 is 22.4 Å². The Hall–Kier alpha value is -1.72. The highest BCUT2D eigenvalue weighted by Crippen LogP contribution is 2.21. The van der Waals surface area contributed by atoms with Gasteiger partial charge < -0.3 is 5.32 Å². The average molecular weight is 273 g/mol. The van der Waals surface area contributed by atoms with Crippen molar-refractivity contribution in [2.24, 2.45) is 0 Å². The van der Waals surface area contributed by atoms with E-state index in [1.807, 2.05) is 19.1 Å². The van der Waals surface area contributed by atoms with Crippen LogP contribution in [0.2, 0.25) is 0 Å². The normalized spacial score (nSPS) is 13.9. The number of aryl methyl sites for hydroxylation is 1. The van der Waals surface area contributed by atoms with E-state index in [4.69, 9.17) is 0 Å². The molecular weight excluding hydrogens is 258 g/mol. The second-order valence-corrected chi connectivity index (χ2v) is 5.83. The van der Waals surface area contributed by atoms with Gasteiger partial charge in [-0.3, -0.25) is 10.1 Å². The van der Waals surface area contributed by atoms with Crippen LogP contribution in [-0.2, 0) is 13.0 Å². The van der Waals surface area contributed by atoms with Crippen molar-refractivity contribution in [3.63, 3.8) is 0 Å². The van der Waals surface area contributed by atoms with Crippen LogP contribution in [0.4, 0.5) is 5.13 Å². The van der Waals surface area contributed by atoms with E-state index in [2.05, 4.69) is 21.7 Å². The van der Waals surface area contributed by atoms with Gasteiger partial charge in [-0.25, -0.2) is 4.98 Å². The van der Waals surface area contributed by atoms with E-state index in [9.17, 15) is 4.79 Å². The van der Waals surface area contributed by atoms with Gasteiger partial charge in [0.15, 0.2) is 5.13 Å². The summed E-state index contributed by atoms with van der Waals surface area (Å²) in [5.74, 6) is -0.0619. The molecule has 1 aliphatic rings. The Morgan fingerprint density at radius 2 is 2.37 bits per heavy atom. The number of amides is 1. The fraction of sp³-hybridized carbons (Fsp3) is 0.286. The molecular formula is C14H15N3OS. The first-order valence-electron chi connectivity index (χ1n) is 6.29. The van der Waals surface area contributed by atoms with Crippen molar-refractivity contribution in [1.29, 1.82) is 0 Å². The zero-order valence-electron chi connectivity index (χ0n) is 10.7. The van der Waals surface area contributed by atoms with E-state index in [1.165, 1.54) is 16.9 Å². The van der Waals surface area contributed by atoms with E-state index in [1.54, 1.807) is 6.20 Å². The van der Waals surface area contributed by atoms with Crippen LogP contribution in [0, 0.1) is 6.92 Å². The van der Waals surface area contributed by atoms with Crippen molar-refractivity contribution in [3.05, 3.63) is 46.0 Å². The van der Waals surface area contributed by atoms with Gasteiger partial charge in [0.05, 0.1) is 0 Å². The molecule has 0 bridgehead atoms. The van der Waals surface area contributed by atoms with Crippen LogP contribution in [0.25, 0.3) is 0 Å². The lowest BCUT2D eigenvalue weighted by Crippen LogP contribution is -2.26. The smallest absolute Gasteiger partial charge is 0.257 e. The molecule has 0 fully saturated rings. The number of thiazole rings is 1. The summed E-state index contributed by atoms with van der Waals surface area (Å²) < 4.78 is 0. The summed E-state index contributed by atoms with van der Waals surface area (Å²) in [6, 6.07) is 5.90. The first-order chi connectivity index (χ1) is 9.24. The van der Waals surface area contributed by atoms with Gasteiger partial charge in [0.25, 0.3) is 5.91 Å². The molecule has 2 heterocycles. The zero-order valence-corrected chi connectivity index (χ0v) is 11.5. The largest absolute Gasteiger partial charge is 0.312 e. The minimum absolute atomic E-state index is 0.0619. The van der Waals surface area contributed by atoms with Crippen molar-refractivity contribution in [2.75, 3.05) is 11.9 Å². The predicted octanol–water partition coefficient (Wildman–Crippen LogP) is 2.35. The molecule has 4 nitrogen and oxygen atoms in total. The molecule has 0 unspecified atom stereocenters. The standard InChI is InChI=1S/C14H15N3OS/c1-9-7-16-14(19-9)17-13(18)12-4-2-3-10-8-15-6-5-11(10)12/h2-4,7,15H,5-6,8H2,1H3,(H,16,17,18). The summed E-state index contributed by atoms with van der Waals surface area (Å²) in [5.41, 5.74) is 3.15. The van der Waals surface area contributed by atoms with Gasteiger partial charge in [0.1, 0.15) is 0 Å². The molecule has 98 valence electrons. The molecule has 3 rings (SSSR count). The molecule has 0 spiro atoms. The fourth-order valence-electron chi connectivity index (χ4n) is 2.32. The molecule has 0 atom stereocenters. The minimum atomic E-state index is -0.0619. The molecule has 1 aromatic carbocycles. The van der Waals surface area contributed by atoms with Crippen LogP contribution in [0.1, 0.15) is 26.4 Å². The molecule has 2 N–H and O–H groups in total. The highest BCUT2D eigenvalue weighted by atomic mass is 32.1. The number of carbonyl (C=O) groups is 1. The number of nitrogens with zero attached hydrogens (tertiary/aromatic N) is 1. The molecule has 19 heavy (non-hydrogen) atoms. The number of rotatable bonds is 2. The van der Waals surface area contributed by atoms with Gasteiger partial charge >= 0.3 is 0 Å². The van der Waals surface area contributed by atoms with Gasteiger partial charge in [-0.1, -0.05) is 12.1 Å². The van der Waals surface area contributed by atoms with E-state index in [-0.39, 0.29) is 5.91 Å². The fourth-order valence-corrected chi connectivity index (χ4v) is 2.98. The van der Waals surface area contributed by atoms with Crippen molar-refractivity contribution in [2.45, 2.75) is 19.9 Å². The van der Waals surface area contributed by atoms with E-state index >= 15 is 0 Å². The number of hydrogen-bond acceptors (Lipinski definition) is 4. The monoisotopic (exact) mass is 273 g/mol. The molecule has 5 heteroatoms. The Balaban J connectivity index is 1.87. The second kappa shape index (κ2) is 5.11. The van der Waals surface area contributed by atoms with Crippen molar-refractivity contribution in [1.82, 2.24) is 10.3 Å². The summed E-state index contributed by atoms with van der Waals surface area (Å²) >= 11 is 1.49. The van der Waals surface area contributed by atoms with Crippen LogP contribution >= 0.6 is 11.3 Å². The number of nitrogens with one attached hydrogen (secondary N) is 2. The first-order valence-corrected chi connectivity index (χ1v) is 7.11. The maximum atomic E-state index is 12.3. The van der Waals surface area contributed by atoms with Crippen molar-refractivity contribution in [3.8, 4) is 0 Å². The first kappa shape index (κ1) is 12.3. The molecule has 2 aromatic rings. The van der Waals surface area contributed by atoms with Crippen LogP contribution in [0.15, 0.2) is 24.4 Å². The Bertz CT molecular complexity index is 621. The van der Waals surface area contributed by atoms with E-state index in [0.29, 0.717) is 5.13 Å². The van der Waals surface area contributed by atoms with Gasteiger partial charge in [-0.05, 0) is 37.1 Å². The van der Waals surface area contributed by atoms with Gasteiger partial charge in [0, 0.05) is 23.2 Å². The summed E-state index contributed by atoms with van der Waals surface area (Å²) in [7, 11) is 0. The van der Waals surface area contributed by atoms with E-state index < -0.39 is 0 Å². The lowest BCUT2D eigenvalue weighted by atomic mass is 9.95. The quantitative estimate of drug-likeness (QED) is 0.883. The van der Waals surface area contributed by atoms with Crippen LogP contribution < -0.4 is 10.6 Å². The second-order valence-electron chi connectivity index (χ2n) is 4.60. The zero-order chi connectivity index (χ0) is 13.2. The predicted molar refractivity (Wildman–Crippen MR) is 76.7 cm³/mol.